The van der Waals surface area contributed by atoms with Gasteiger partial charge in [-0.1, -0.05) is 265 Å². The fourth-order valence-electron chi connectivity index (χ4n) is 8.28. The Morgan fingerprint density at radius 1 is 0.288 bits per heavy atom. The molecular weight excluding hydrogens is 901 g/mol. The smallest absolute Gasteiger partial charge is 0.306 e. The third-order valence-electron chi connectivity index (χ3n) is 12.8. The van der Waals surface area contributed by atoms with Crippen LogP contribution in [0.5, 0.6) is 0 Å². The molecule has 73 heavy (non-hydrogen) atoms. The molecule has 1 unspecified atom stereocenters. The molecule has 0 N–H and O–H groups in total. The summed E-state index contributed by atoms with van der Waals surface area (Å²) >= 11 is 0. The largest absolute Gasteiger partial charge is 0.462 e. The van der Waals surface area contributed by atoms with Crippen molar-refractivity contribution in [3.05, 3.63) is 109 Å². The van der Waals surface area contributed by atoms with Crippen LogP contribution < -0.4 is 0 Å². The second-order valence-electron chi connectivity index (χ2n) is 19.9. The highest BCUT2D eigenvalue weighted by atomic mass is 16.6. The van der Waals surface area contributed by atoms with Gasteiger partial charge in [-0.05, 0) is 103 Å². The summed E-state index contributed by atoms with van der Waals surface area (Å²) in [5, 5.41) is 0. The minimum atomic E-state index is -0.799. The van der Waals surface area contributed by atoms with E-state index in [1.807, 2.05) is 0 Å². The third kappa shape index (κ3) is 58.8. The molecule has 416 valence electrons. The van der Waals surface area contributed by atoms with Crippen LogP contribution in [0.4, 0.5) is 0 Å². The van der Waals surface area contributed by atoms with Gasteiger partial charge in [0, 0.05) is 19.3 Å². The van der Waals surface area contributed by atoms with Gasteiger partial charge in [-0.25, -0.2) is 0 Å². The Morgan fingerprint density at radius 3 is 0.863 bits per heavy atom. The maximum absolute atomic E-state index is 12.8. The first-order valence-corrected chi connectivity index (χ1v) is 30.4. The molecule has 0 radical (unpaired) electrons. The molecular formula is C67H112O6. The summed E-state index contributed by atoms with van der Waals surface area (Å²) in [4.78, 5) is 38.1. The van der Waals surface area contributed by atoms with Crippen LogP contribution in [0.3, 0.4) is 0 Å². The molecule has 0 rings (SSSR count). The molecule has 0 heterocycles. The van der Waals surface area contributed by atoms with Gasteiger partial charge in [0.15, 0.2) is 6.10 Å². The van der Waals surface area contributed by atoms with Crippen LogP contribution in [0.1, 0.15) is 278 Å². The molecule has 6 heteroatoms. The van der Waals surface area contributed by atoms with E-state index in [4.69, 9.17) is 14.2 Å². The number of unbranched alkanes of at least 4 members (excludes halogenated alkanes) is 25. The first-order chi connectivity index (χ1) is 36.0. The van der Waals surface area contributed by atoms with Crippen LogP contribution in [-0.4, -0.2) is 37.2 Å². The number of carbonyl (C=O) groups excluding carboxylic acids is 3. The molecule has 1 atom stereocenters. The van der Waals surface area contributed by atoms with E-state index in [0.29, 0.717) is 19.3 Å². The van der Waals surface area contributed by atoms with Gasteiger partial charge in [-0.3, -0.25) is 14.4 Å². The number of ether oxygens (including phenoxy) is 3. The fourth-order valence-corrected chi connectivity index (χ4v) is 8.28. The second kappa shape index (κ2) is 60.6. The number of carbonyl (C=O) groups is 3. The van der Waals surface area contributed by atoms with Gasteiger partial charge in [0.1, 0.15) is 13.2 Å². The molecule has 0 bridgehead atoms. The van der Waals surface area contributed by atoms with Crippen molar-refractivity contribution >= 4 is 17.9 Å². The van der Waals surface area contributed by atoms with E-state index in [1.54, 1.807) is 0 Å². The van der Waals surface area contributed by atoms with Gasteiger partial charge in [-0.2, -0.15) is 0 Å². The molecule has 6 nitrogen and oxygen atoms in total. The molecule has 0 amide bonds. The van der Waals surface area contributed by atoms with Gasteiger partial charge in [0.05, 0.1) is 0 Å². The summed E-state index contributed by atoms with van der Waals surface area (Å²) < 4.78 is 16.8. The van der Waals surface area contributed by atoms with Gasteiger partial charge >= 0.3 is 17.9 Å². The molecule has 0 saturated carbocycles. The normalized spacial score (nSPS) is 12.9. The first kappa shape index (κ1) is 69.1. The predicted octanol–water partition coefficient (Wildman–Crippen LogP) is 20.7. The lowest BCUT2D eigenvalue weighted by Gasteiger charge is -2.18. The first-order valence-electron chi connectivity index (χ1n) is 30.4. The Kier molecular flexibility index (Phi) is 57.4. The van der Waals surface area contributed by atoms with E-state index in [0.717, 1.165) is 109 Å². The van der Waals surface area contributed by atoms with E-state index < -0.39 is 6.10 Å². The summed E-state index contributed by atoms with van der Waals surface area (Å²) in [7, 11) is 0. The standard InChI is InChI=1S/C67H112O6/c1-4-7-10-13-16-19-22-24-26-27-28-29-30-31-32-33-34-35-36-37-38-39-41-42-45-48-51-54-57-60-66(69)72-63-64(62-71-65(68)59-56-53-50-47-44-21-18-15-12-9-6-3)73-67(70)61-58-55-52-49-46-43-40-25-23-20-17-14-11-8-5-2/h7-8,10-11,16-17,19-20,24-26,28-29,31-32,40,46,49,64H,4-6,9,12-15,18,21-23,27,30,33-39,41-45,47-48,50-63H2,1-3H3/b10-7-,11-8-,19-16-,20-17-,26-24-,29-28-,32-31-,40-25-,49-46-. The monoisotopic (exact) mass is 1010 g/mol. The average Bonchev–Trinajstić information content (AvgIpc) is 3.39. The lowest BCUT2D eigenvalue weighted by atomic mass is 10.0. The quantitative estimate of drug-likeness (QED) is 0.0261. The highest BCUT2D eigenvalue weighted by molar-refractivity contribution is 5.71. The topological polar surface area (TPSA) is 78.9 Å². The van der Waals surface area contributed by atoms with Crippen molar-refractivity contribution in [1.29, 1.82) is 0 Å². The van der Waals surface area contributed by atoms with Gasteiger partial charge in [0.25, 0.3) is 0 Å². The third-order valence-corrected chi connectivity index (χ3v) is 12.8. The lowest BCUT2D eigenvalue weighted by molar-refractivity contribution is -0.167. The SMILES string of the molecule is CC/C=C\C/C=C\C/C=C\C/C=C\C/C=C\CCCCCCCCCCCCCCCC(=O)OCC(COC(=O)CCCCCCCCCCCCC)OC(=O)CCCC/C=C\C/C=C\C/C=C\C/C=C\CC. The molecule has 0 saturated heterocycles. The van der Waals surface area contributed by atoms with E-state index in [1.165, 1.54) is 122 Å². The van der Waals surface area contributed by atoms with Crippen molar-refractivity contribution in [2.75, 3.05) is 13.2 Å². The van der Waals surface area contributed by atoms with Crippen LogP contribution in [0.2, 0.25) is 0 Å². The van der Waals surface area contributed by atoms with Crippen molar-refractivity contribution in [3.63, 3.8) is 0 Å². The molecule has 0 aromatic rings. The summed E-state index contributed by atoms with van der Waals surface area (Å²) in [6.07, 6.45) is 82.4. The van der Waals surface area contributed by atoms with Crippen LogP contribution in [0.15, 0.2) is 109 Å². The van der Waals surface area contributed by atoms with Crippen LogP contribution in [0.25, 0.3) is 0 Å². The average molecular weight is 1010 g/mol. The molecule has 0 aliphatic rings. The van der Waals surface area contributed by atoms with Crippen molar-refractivity contribution in [3.8, 4) is 0 Å². The number of esters is 3. The Bertz CT molecular complexity index is 1490. The van der Waals surface area contributed by atoms with E-state index >= 15 is 0 Å². The molecule has 0 aromatic heterocycles. The Balaban J connectivity index is 4.24. The summed E-state index contributed by atoms with van der Waals surface area (Å²) in [5.74, 6) is -0.933. The van der Waals surface area contributed by atoms with Crippen molar-refractivity contribution in [2.24, 2.45) is 0 Å². The van der Waals surface area contributed by atoms with Crippen molar-refractivity contribution in [2.45, 2.75) is 284 Å². The van der Waals surface area contributed by atoms with Crippen molar-refractivity contribution in [1.82, 2.24) is 0 Å². The minimum Gasteiger partial charge on any atom is -0.462 e. The van der Waals surface area contributed by atoms with Gasteiger partial charge < -0.3 is 14.2 Å². The molecule has 0 aromatic carbocycles. The predicted molar refractivity (Wildman–Crippen MR) is 316 cm³/mol. The maximum atomic E-state index is 12.8. The molecule has 0 aliphatic heterocycles. The minimum absolute atomic E-state index is 0.0930. The molecule has 0 spiro atoms. The number of rotatable bonds is 54. The van der Waals surface area contributed by atoms with Gasteiger partial charge in [0.2, 0.25) is 0 Å². The maximum Gasteiger partial charge on any atom is 0.306 e. The lowest BCUT2D eigenvalue weighted by Crippen LogP contribution is -2.30. The molecule has 0 fully saturated rings. The van der Waals surface area contributed by atoms with E-state index in [-0.39, 0.29) is 37.5 Å². The Hall–Kier alpha value is -3.93. The van der Waals surface area contributed by atoms with E-state index in [2.05, 4.69) is 130 Å². The van der Waals surface area contributed by atoms with Gasteiger partial charge in [-0.15, -0.1) is 0 Å². The summed E-state index contributed by atoms with van der Waals surface area (Å²) in [5.41, 5.74) is 0. The zero-order valence-corrected chi connectivity index (χ0v) is 47.6. The Morgan fingerprint density at radius 2 is 0.534 bits per heavy atom. The Labute approximate surface area is 450 Å². The number of hydrogen-bond acceptors (Lipinski definition) is 6. The zero-order chi connectivity index (χ0) is 52.9. The van der Waals surface area contributed by atoms with E-state index in [9.17, 15) is 14.4 Å². The van der Waals surface area contributed by atoms with Crippen molar-refractivity contribution < 1.29 is 28.6 Å². The van der Waals surface area contributed by atoms with Crippen LogP contribution >= 0.6 is 0 Å². The highest BCUT2D eigenvalue weighted by Crippen LogP contribution is 2.16. The zero-order valence-electron chi connectivity index (χ0n) is 47.6. The number of hydrogen-bond donors (Lipinski definition) is 0. The van der Waals surface area contributed by atoms with Crippen LogP contribution in [-0.2, 0) is 28.6 Å². The summed E-state index contributed by atoms with van der Waals surface area (Å²) in [6.45, 7) is 6.38. The fraction of sp³-hybridized carbons (Fsp3) is 0.687. The number of allylic oxidation sites excluding steroid dienone is 18. The van der Waals surface area contributed by atoms with Crippen LogP contribution in [0, 0.1) is 0 Å². The summed E-state index contributed by atoms with van der Waals surface area (Å²) in [6, 6.07) is 0. The second-order valence-corrected chi connectivity index (χ2v) is 19.9. The highest BCUT2D eigenvalue weighted by Gasteiger charge is 2.19. The molecule has 0 aliphatic carbocycles.